The molecule has 0 unspecified atom stereocenters. The molecule has 1 aromatic heterocycles. The van der Waals surface area contributed by atoms with Gasteiger partial charge >= 0.3 is 0 Å². The lowest BCUT2D eigenvalue weighted by Gasteiger charge is -2.23. The number of nitrogens with two attached hydrogens (primary N) is 1. The summed E-state index contributed by atoms with van der Waals surface area (Å²) in [5.41, 5.74) is 7.03. The molecule has 2 aromatic carbocycles. The van der Waals surface area contributed by atoms with Crippen LogP contribution >= 0.6 is 12.4 Å². The summed E-state index contributed by atoms with van der Waals surface area (Å²) in [7, 11) is 0. The first-order valence-electron chi connectivity index (χ1n) is 9.57. The first kappa shape index (κ1) is 22.6. The minimum Gasteiger partial charge on any atom is -0.336 e. The van der Waals surface area contributed by atoms with E-state index in [9.17, 15) is 9.59 Å². The number of carbonyl (C=O) groups is 1. The number of aromatic nitrogens is 2. The lowest BCUT2D eigenvalue weighted by atomic mass is 10.1. The van der Waals surface area contributed by atoms with Crippen LogP contribution in [-0.2, 0) is 6.42 Å². The highest BCUT2D eigenvalue weighted by atomic mass is 35.5. The Bertz CT molecular complexity index is 1020. The number of hydrogen-bond acceptors (Lipinski definition) is 4. The molecule has 7 heteroatoms. The summed E-state index contributed by atoms with van der Waals surface area (Å²) in [6.07, 6.45) is 0.730. The van der Waals surface area contributed by atoms with Crippen LogP contribution in [0.2, 0.25) is 0 Å². The molecule has 0 atom stereocenters. The molecule has 154 valence electrons. The second-order valence-electron chi connectivity index (χ2n) is 7.05. The van der Waals surface area contributed by atoms with Crippen LogP contribution < -0.4 is 11.3 Å². The molecular weight excluding hydrogens is 388 g/mol. The van der Waals surface area contributed by atoms with Crippen LogP contribution in [0.1, 0.15) is 35.9 Å². The molecule has 0 fully saturated rings. The van der Waals surface area contributed by atoms with Gasteiger partial charge in [0, 0.05) is 25.0 Å². The van der Waals surface area contributed by atoms with Crippen molar-refractivity contribution in [1.29, 1.82) is 0 Å². The predicted molar refractivity (Wildman–Crippen MR) is 119 cm³/mol. The van der Waals surface area contributed by atoms with Crippen LogP contribution in [0.15, 0.2) is 59.4 Å². The quantitative estimate of drug-likeness (QED) is 0.644. The third-order valence-electron chi connectivity index (χ3n) is 4.72. The number of fused-ring (bicyclic) bond motifs is 1. The van der Waals surface area contributed by atoms with Gasteiger partial charge in [-0.1, -0.05) is 48.5 Å². The maximum atomic E-state index is 13.3. The van der Waals surface area contributed by atoms with Crippen molar-refractivity contribution in [1.82, 2.24) is 14.7 Å². The molecule has 0 spiro atoms. The SMILES string of the molecule is CC(C)n1nc(C(=O)N(CCN)CCc2ccccc2)c2ccccc2c1=O.Cl. The van der Waals surface area contributed by atoms with E-state index in [1.807, 2.05) is 50.2 Å². The van der Waals surface area contributed by atoms with Crippen LogP contribution in [0.3, 0.4) is 0 Å². The van der Waals surface area contributed by atoms with Crippen LogP contribution in [0.25, 0.3) is 10.8 Å². The molecular formula is C22H27ClN4O2. The molecule has 0 aliphatic rings. The predicted octanol–water partition coefficient (Wildman–Crippen LogP) is 3.04. The summed E-state index contributed by atoms with van der Waals surface area (Å²) in [5.74, 6) is -0.202. The molecule has 1 heterocycles. The van der Waals surface area contributed by atoms with Gasteiger partial charge in [0.25, 0.3) is 11.5 Å². The van der Waals surface area contributed by atoms with Crippen LogP contribution in [-0.4, -0.2) is 40.2 Å². The Morgan fingerprint density at radius 1 is 1.03 bits per heavy atom. The largest absolute Gasteiger partial charge is 0.336 e. The third-order valence-corrected chi connectivity index (χ3v) is 4.72. The average molecular weight is 415 g/mol. The summed E-state index contributed by atoms with van der Waals surface area (Å²) >= 11 is 0. The van der Waals surface area contributed by atoms with Gasteiger partial charge in [0.1, 0.15) is 0 Å². The molecule has 0 saturated heterocycles. The van der Waals surface area contributed by atoms with E-state index >= 15 is 0 Å². The minimum atomic E-state index is -0.202. The number of amides is 1. The fraction of sp³-hybridized carbons (Fsp3) is 0.318. The van der Waals surface area contributed by atoms with E-state index in [0.717, 1.165) is 12.0 Å². The number of halogens is 1. The van der Waals surface area contributed by atoms with E-state index in [1.54, 1.807) is 23.1 Å². The number of hydrogen-bond donors (Lipinski definition) is 1. The average Bonchev–Trinajstić information content (AvgIpc) is 2.71. The second kappa shape index (κ2) is 10.2. The molecule has 0 aliphatic heterocycles. The van der Waals surface area contributed by atoms with Gasteiger partial charge in [-0.05, 0) is 31.9 Å². The first-order valence-corrected chi connectivity index (χ1v) is 9.57. The lowest BCUT2D eigenvalue weighted by molar-refractivity contribution is 0.0755. The maximum Gasteiger partial charge on any atom is 0.275 e. The van der Waals surface area contributed by atoms with Gasteiger partial charge in [-0.15, -0.1) is 12.4 Å². The van der Waals surface area contributed by atoms with Crippen molar-refractivity contribution in [2.75, 3.05) is 19.6 Å². The molecule has 0 radical (unpaired) electrons. The van der Waals surface area contributed by atoms with Gasteiger partial charge in [-0.3, -0.25) is 9.59 Å². The summed E-state index contributed by atoms with van der Waals surface area (Å²) < 4.78 is 1.38. The van der Waals surface area contributed by atoms with Crippen molar-refractivity contribution >= 4 is 29.1 Å². The molecule has 2 N–H and O–H groups in total. The topological polar surface area (TPSA) is 81.2 Å². The Balaban J connectivity index is 0.00000300. The second-order valence-corrected chi connectivity index (χ2v) is 7.05. The van der Waals surface area contributed by atoms with Gasteiger partial charge < -0.3 is 10.6 Å². The zero-order valence-corrected chi connectivity index (χ0v) is 17.6. The Labute approximate surface area is 176 Å². The minimum absolute atomic E-state index is 0. The Morgan fingerprint density at radius 2 is 1.66 bits per heavy atom. The molecule has 0 bridgehead atoms. The van der Waals surface area contributed by atoms with Gasteiger partial charge in [0.15, 0.2) is 5.69 Å². The highest BCUT2D eigenvalue weighted by molar-refractivity contribution is 6.04. The van der Waals surface area contributed by atoms with Crippen molar-refractivity contribution in [2.24, 2.45) is 5.73 Å². The van der Waals surface area contributed by atoms with Crippen molar-refractivity contribution in [3.63, 3.8) is 0 Å². The Morgan fingerprint density at radius 3 is 2.28 bits per heavy atom. The monoisotopic (exact) mass is 414 g/mol. The van der Waals surface area contributed by atoms with E-state index in [0.29, 0.717) is 36.1 Å². The van der Waals surface area contributed by atoms with Gasteiger partial charge in [0.05, 0.1) is 11.4 Å². The molecule has 6 nitrogen and oxygen atoms in total. The fourth-order valence-electron chi connectivity index (χ4n) is 3.24. The van der Waals surface area contributed by atoms with E-state index in [2.05, 4.69) is 5.10 Å². The molecule has 3 rings (SSSR count). The van der Waals surface area contributed by atoms with E-state index in [4.69, 9.17) is 5.73 Å². The molecule has 29 heavy (non-hydrogen) atoms. The lowest BCUT2D eigenvalue weighted by Crippen LogP contribution is -2.39. The number of benzene rings is 2. The van der Waals surface area contributed by atoms with Gasteiger partial charge in [-0.25, -0.2) is 4.68 Å². The van der Waals surface area contributed by atoms with Crippen molar-refractivity contribution in [2.45, 2.75) is 26.3 Å². The normalized spacial score (nSPS) is 10.8. The number of nitrogens with zero attached hydrogens (tertiary/aromatic N) is 3. The highest BCUT2D eigenvalue weighted by Gasteiger charge is 2.22. The van der Waals surface area contributed by atoms with E-state index in [-0.39, 0.29) is 29.9 Å². The van der Waals surface area contributed by atoms with Crippen LogP contribution in [0.4, 0.5) is 0 Å². The summed E-state index contributed by atoms with van der Waals surface area (Å²) in [4.78, 5) is 27.8. The van der Waals surface area contributed by atoms with E-state index in [1.165, 1.54) is 4.68 Å². The molecule has 1 amide bonds. The van der Waals surface area contributed by atoms with Gasteiger partial charge in [0.2, 0.25) is 0 Å². The van der Waals surface area contributed by atoms with Gasteiger partial charge in [-0.2, -0.15) is 5.10 Å². The van der Waals surface area contributed by atoms with Crippen LogP contribution in [0.5, 0.6) is 0 Å². The molecule has 0 saturated carbocycles. The fourth-order valence-corrected chi connectivity index (χ4v) is 3.24. The molecule has 0 aliphatic carbocycles. The maximum absolute atomic E-state index is 13.3. The Hall–Kier alpha value is -2.70. The number of carbonyl (C=O) groups excluding carboxylic acids is 1. The summed E-state index contributed by atoms with van der Waals surface area (Å²) in [6.45, 7) is 5.09. The zero-order valence-electron chi connectivity index (χ0n) is 16.7. The van der Waals surface area contributed by atoms with Crippen LogP contribution in [0, 0.1) is 0 Å². The van der Waals surface area contributed by atoms with Crippen molar-refractivity contribution in [3.05, 3.63) is 76.2 Å². The first-order chi connectivity index (χ1) is 13.5. The summed E-state index contributed by atoms with van der Waals surface area (Å²) in [5, 5.41) is 5.51. The summed E-state index contributed by atoms with van der Waals surface area (Å²) in [6, 6.07) is 17.0. The zero-order chi connectivity index (χ0) is 20.1. The Kier molecular flexibility index (Phi) is 7.93. The smallest absolute Gasteiger partial charge is 0.275 e. The number of rotatable bonds is 7. The standard InChI is InChI=1S/C22H26N4O2.ClH/c1-16(2)26-21(27)19-11-7-6-10-18(19)20(24-26)22(28)25(15-13-23)14-12-17-8-4-3-5-9-17;/h3-11,16H,12-15,23H2,1-2H3;1H. The third kappa shape index (κ3) is 5.02. The molecule has 3 aromatic rings. The van der Waals surface area contributed by atoms with E-state index < -0.39 is 0 Å². The van der Waals surface area contributed by atoms with Crippen molar-refractivity contribution < 1.29 is 4.79 Å². The van der Waals surface area contributed by atoms with Crippen molar-refractivity contribution in [3.8, 4) is 0 Å². The highest BCUT2D eigenvalue weighted by Crippen LogP contribution is 2.17.